The van der Waals surface area contributed by atoms with Crippen LogP contribution in [0.3, 0.4) is 0 Å². The molecule has 3 N–H and O–H groups in total. The summed E-state index contributed by atoms with van der Waals surface area (Å²) >= 11 is 0. The normalized spacial score (nSPS) is 23.4. The summed E-state index contributed by atoms with van der Waals surface area (Å²) in [5.41, 5.74) is 7.99. The zero-order valence-electron chi connectivity index (χ0n) is 42.1. The number of carbonyl (C=O) groups is 2. The van der Waals surface area contributed by atoms with E-state index in [9.17, 15) is 9.59 Å². The zero-order valence-corrected chi connectivity index (χ0v) is 42.1. The Kier molecular flexibility index (Phi) is 11.7. The van der Waals surface area contributed by atoms with Crippen molar-refractivity contribution >= 4 is 33.6 Å². The fraction of sp³-hybridized carbons (Fsp3) is 0.410. The van der Waals surface area contributed by atoms with Gasteiger partial charge in [-0.2, -0.15) is 0 Å². The first-order valence-corrected chi connectivity index (χ1v) is 26.8. The van der Waals surface area contributed by atoms with E-state index in [1.54, 1.807) is 32.4 Å². The number of aromatic nitrogens is 2. The number of benzene rings is 5. The minimum absolute atomic E-state index is 0.0420. The van der Waals surface area contributed by atoms with Gasteiger partial charge in [0.25, 0.3) is 0 Å². The third-order valence-electron chi connectivity index (χ3n) is 18.6. The van der Waals surface area contributed by atoms with E-state index in [0.29, 0.717) is 74.6 Å². The van der Waals surface area contributed by atoms with Gasteiger partial charge in [0.1, 0.15) is 29.0 Å². The molecule has 2 aromatic heterocycles. The summed E-state index contributed by atoms with van der Waals surface area (Å²) in [5.74, 6) is 1.03. The number of nitrogens with zero attached hydrogens (tertiary/aromatic N) is 3. The van der Waals surface area contributed by atoms with Crippen LogP contribution in [0.25, 0.3) is 21.8 Å². The van der Waals surface area contributed by atoms with Gasteiger partial charge in [0.15, 0.2) is 0 Å². The van der Waals surface area contributed by atoms with E-state index >= 15 is 13.2 Å². The second kappa shape index (κ2) is 18.4. The van der Waals surface area contributed by atoms with Crippen LogP contribution >= 0.6 is 0 Å². The number of hydrogen-bond donors (Lipinski definition) is 3. The highest BCUT2D eigenvalue weighted by Gasteiger charge is 2.51. The first-order valence-electron chi connectivity index (χ1n) is 26.8. The summed E-state index contributed by atoms with van der Waals surface area (Å²) in [6, 6.07) is 30.7. The largest absolute Gasteiger partial charge is 0.497 e. The maximum atomic E-state index is 17.3. The number of rotatable bonds is 9. The molecule has 7 aromatic rings. The Morgan fingerprint density at radius 3 is 1.84 bits per heavy atom. The van der Waals surface area contributed by atoms with E-state index in [4.69, 9.17) is 9.47 Å². The van der Waals surface area contributed by atoms with E-state index in [-0.39, 0.29) is 70.4 Å². The van der Waals surface area contributed by atoms with E-state index in [1.165, 1.54) is 17.7 Å². The monoisotopic (exact) mass is 1000 g/mol. The molecular formula is C61H63F3N6O4. The number of nitrogens with one attached hydrogen (secondary N) is 3. The molecule has 10 nitrogen and oxygen atoms in total. The first kappa shape index (κ1) is 47.2. The highest BCUT2D eigenvalue weighted by molar-refractivity contribution is 5.89. The van der Waals surface area contributed by atoms with Crippen molar-refractivity contribution in [2.75, 3.05) is 53.5 Å². The Hall–Kier alpha value is -6.57. The van der Waals surface area contributed by atoms with Gasteiger partial charge in [0, 0.05) is 130 Å². The third-order valence-corrected chi connectivity index (χ3v) is 18.6. The predicted molar refractivity (Wildman–Crippen MR) is 279 cm³/mol. The van der Waals surface area contributed by atoms with Gasteiger partial charge in [0.2, 0.25) is 11.8 Å². The Labute approximate surface area is 429 Å². The van der Waals surface area contributed by atoms with Crippen LogP contribution in [-0.2, 0) is 27.0 Å². The Morgan fingerprint density at radius 2 is 1.23 bits per heavy atom. The number of piperidine rings is 2. The summed E-state index contributed by atoms with van der Waals surface area (Å²) in [6.07, 6.45) is 7.36. The number of H-pyrrole nitrogens is 2. The second-order valence-corrected chi connectivity index (χ2v) is 22.4. The number of halogens is 3. The van der Waals surface area contributed by atoms with Crippen LogP contribution in [0.5, 0.6) is 11.5 Å². The Bertz CT molecular complexity index is 3320. The van der Waals surface area contributed by atoms with Crippen molar-refractivity contribution in [3.63, 3.8) is 0 Å². The van der Waals surface area contributed by atoms with Crippen molar-refractivity contribution in [3.8, 4) is 11.5 Å². The lowest BCUT2D eigenvalue weighted by atomic mass is 9.67. The van der Waals surface area contributed by atoms with Crippen LogP contribution < -0.4 is 14.8 Å². The molecule has 2 saturated heterocycles. The molecule has 2 amide bonds. The van der Waals surface area contributed by atoms with Gasteiger partial charge < -0.3 is 34.6 Å². The Morgan fingerprint density at radius 1 is 0.635 bits per heavy atom. The van der Waals surface area contributed by atoms with Crippen molar-refractivity contribution in [3.05, 3.63) is 165 Å². The van der Waals surface area contributed by atoms with Crippen LogP contribution in [-0.4, -0.2) is 90.0 Å². The van der Waals surface area contributed by atoms with E-state index in [2.05, 4.69) is 37.2 Å². The molecule has 2 unspecified atom stereocenters. The summed E-state index contributed by atoms with van der Waals surface area (Å²) in [5, 5.41) is 5.87. The predicted octanol–water partition coefficient (Wildman–Crippen LogP) is 11.1. The summed E-state index contributed by atoms with van der Waals surface area (Å²) in [7, 11) is 3.31. The van der Waals surface area contributed by atoms with Crippen molar-refractivity contribution in [1.29, 1.82) is 0 Å². The molecular weight excluding hydrogens is 938 g/mol. The molecule has 2 spiro atoms. The minimum atomic E-state index is -0.552. The average Bonchev–Trinajstić information content (AvgIpc) is 3.97. The second-order valence-electron chi connectivity index (χ2n) is 22.4. The van der Waals surface area contributed by atoms with Gasteiger partial charge >= 0.3 is 0 Å². The summed E-state index contributed by atoms with van der Waals surface area (Å²) < 4.78 is 59.5. The van der Waals surface area contributed by atoms with Crippen molar-refractivity contribution in [1.82, 2.24) is 30.0 Å². The molecule has 74 heavy (non-hydrogen) atoms. The molecule has 4 aliphatic heterocycles. The lowest BCUT2D eigenvalue weighted by molar-refractivity contribution is -0.141. The molecule has 2 aliphatic carbocycles. The lowest BCUT2D eigenvalue weighted by Gasteiger charge is -2.51. The number of carbonyl (C=O) groups excluding carboxylic acids is 2. The highest BCUT2D eigenvalue weighted by atomic mass is 19.1. The molecule has 4 fully saturated rings. The summed E-state index contributed by atoms with van der Waals surface area (Å²) in [6.45, 7) is 4.01. The molecule has 0 bridgehead atoms. The maximum absolute atomic E-state index is 17.3. The van der Waals surface area contributed by atoms with Crippen LogP contribution in [0.1, 0.15) is 121 Å². The SMILES string of the molecule is COc1ccc2c3c([nH]c2c1)C(c1ccccc1F)NCC31CCN(C(=O)C2CC(c3ccc(C4c5[nH]c6cc(OC)ccc6c5C5(CCN(C(=O)C6CCC6)CC5)CN4Cc4ccccc4F)c(F)c3)C2)CC1. The van der Waals surface area contributed by atoms with Crippen LogP contribution in [0.15, 0.2) is 103 Å². The number of fused-ring (bicyclic) bond motifs is 8. The van der Waals surface area contributed by atoms with Gasteiger partial charge in [-0.3, -0.25) is 14.5 Å². The molecule has 2 atom stereocenters. The smallest absolute Gasteiger partial charge is 0.225 e. The van der Waals surface area contributed by atoms with Crippen molar-refractivity contribution < 1.29 is 32.2 Å². The van der Waals surface area contributed by atoms with Crippen LogP contribution in [0.2, 0.25) is 0 Å². The molecule has 6 aliphatic rings. The standard InChI is InChI=1S/C61H63F3N6O4/c1-73-41-15-18-45-50(31-41)66-55-52(45)60(34-65-54(55)43-11-4-6-13-48(43)63)20-24-69(25-21-60)59(72)40-28-39(29-40)37-14-17-44(49(64)30-37)57-56-53(46-19-16-42(74-2)32-51(46)67-56)61(35-70(57)33-38-8-3-5-12-47(38)62)22-26-68(27-23-61)58(71)36-9-7-10-36/h3-6,8,11-19,30-32,36,39-40,54,57,65-67H,7,9-10,20-29,33-35H2,1-2H3. The highest BCUT2D eigenvalue weighted by Crippen LogP contribution is 2.53. The van der Waals surface area contributed by atoms with Gasteiger partial charge in [-0.15, -0.1) is 0 Å². The molecule has 0 radical (unpaired) electrons. The van der Waals surface area contributed by atoms with Gasteiger partial charge in [-0.25, -0.2) is 13.2 Å². The molecule has 2 saturated carbocycles. The van der Waals surface area contributed by atoms with Crippen LogP contribution in [0.4, 0.5) is 13.2 Å². The molecule has 382 valence electrons. The fourth-order valence-corrected chi connectivity index (χ4v) is 14.2. The quantitative estimate of drug-likeness (QED) is 0.133. The Balaban J connectivity index is 0.751. The maximum Gasteiger partial charge on any atom is 0.225 e. The zero-order chi connectivity index (χ0) is 50.5. The first-order chi connectivity index (χ1) is 36.0. The van der Waals surface area contributed by atoms with Gasteiger partial charge in [-0.05, 0) is 116 Å². The van der Waals surface area contributed by atoms with Gasteiger partial charge in [0.05, 0.1) is 26.3 Å². The fourth-order valence-electron chi connectivity index (χ4n) is 14.2. The number of ether oxygens (including phenoxy) is 2. The molecule has 13 rings (SSSR count). The number of hydrogen-bond acceptors (Lipinski definition) is 6. The molecule has 5 aromatic carbocycles. The lowest BCUT2D eigenvalue weighted by Crippen LogP contribution is -2.55. The molecule has 6 heterocycles. The average molecular weight is 1000 g/mol. The topological polar surface area (TPSA) is 106 Å². The van der Waals surface area contributed by atoms with E-state index in [1.807, 2.05) is 65.6 Å². The summed E-state index contributed by atoms with van der Waals surface area (Å²) in [4.78, 5) is 41.6. The molecule has 13 heteroatoms. The van der Waals surface area contributed by atoms with Crippen molar-refractivity contribution in [2.45, 2.75) is 93.2 Å². The number of amides is 2. The third kappa shape index (κ3) is 7.73. The minimum Gasteiger partial charge on any atom is -0.497 e. The number of likely N-dealkylation sites (tertiary alicyclic amines) is 2. The van der Waals surface area contributed by atoms with Crippen molar-refractivity contribution in [2.24, 2.45) is 11.8 Å². The number of methoxy groups -OCH3 is 2. The van der Waals surface area contributed by atoms with E-state index < -0.39 is 6.04 Å². The van der Waals surface area contributed by atoms with Crippen LogP contribution in [0, 0.1) is 29.3 Å². The van der Waals surface area contributed by atoms with Gasteiger partial charge in [-0.1, -0.05) is 55.0 Å². The number of aromatic amines is 2. The van der Waals surface area contributed by atoms with E-state index in [0.717, 1.165) is 95.0 Å².